The first-order valence-electron chi connectivity index (χ1n) is 5.18. The smallest absolute Gasteiger partial charge is 0.288 e. The largest absolute Gasteiger partial charge is 0.394 e. The molecule has 0 amide bonds. The van der Waals surface area contributed by atoms with Crippen LogP contribution < -0.4 is 11.3 Å². The number of Topliss-reactive ketones (excluding diaryl/α,β-unsaturated/α-hetero) is 1. The fourth-order valence-electron chi connectivity index (χ4n) is 1.62. The van der Waals surface area contributed by atoms with Crippen LogP contribution >= 0.6 is 15.9 Å². The van der Waals surface area contributed by atoms with E-state index in [1.165, 1.54) is 0 Å². The number of hydrogen-bond acceptors (Lipinski definition) is 4. The fourth-order valence-corrected chi connectivity index (χ4v) is 1.90. The van der Waals surface area contributed by atoms with E-state index in [0.717, 1.165) is 5.56 Å². The van der Waals surface area contributed by atoms with Crippen LogP contribution in [0.25, 0.3) is 11.3 Å². The first kappa shape index (κ1) is 12.5. The van der Waals surface area contributed by atoms with Crippen molar-refractivity contribution in [3.8, 4) is 11.3 Å². The predicted octanol–water partition coefficient (Wildman–Crippen LogP) is 1.60. The van der Waals surface area contributed by atoms with Crippen LogP contribution in [-0.2, 0) is 0 Å². The normalized spacial score (nSPS) is 10.3. The highest BCUT2D eigenvalue weighted by molar-refractivity contribution is 9.09. The molecule has 1 aromatic heterocycles. The Morgan fingerprint density at radius 1 is 1.33 bits per heavy atom. The molecule has 5 nitrogen and oxygen atoms in total. The number of nitrogen functional groups attached to an aromatic ring is 1. The molecular weight excluding hydrogens is 298 g/mol. The second-order valence-corrected chi connectivity index (χ2v) is 4.17. The van der Waals surface area contributed by atoms with E-state index in [1.807, 2.05) is 18.2 Å². The molecule has 0 fully saturated rings. The van der Waals surface area contributed by atoms with Gasteiger partial charge in [0, 0.05) is 5.56 Å². The van der Waals surface area contributed by atoms with Gasteiger partial charge in [-0.15, -0.1) is 0 Å². The van der Waals surface area contributed by atoms with Crippen molar-refractivity contribution in [1.82, 2.24) is 10.2 Å². The third-order valence-corrected chi connectivity index (χ3v) is 2.98. The Balaban J connectivity index is 2.72. The third kappa shape index (κ3) is 2.19. The minimum atomic E-state index is -0.556. The molecule has 0 radical (unpaired) electrons. The molecule has 2 aromatic rings. The minimum Gasteiger partial charge on any atom is -0.394 e. The second-order valence-electron chi connectivity index (χ2n) is 3.61. The average Bonchev–Trinajstić information content (AvgIpc) is 2.42. The third-order valence-electron chi connectivity index (χ3n) is 2.47. The van der Waals surface area contributed by atoms with Gasteiger partial charge in [0.2, 0.25) is 0 Å². The maximum Gasteiger partial charge on any atom is 0.288 e. The maximum absolute atomic E-state index is 11.9. The summed E-state index contributed by atoms with van der Waals surface area (Å²) in [6.45, 7) is 0. The first-order chi connectivity index (χ1) is 8.65. The second kappa shape index (κ2) is 5.14. The molecule has 0 bridgehead atoms. The van der Waals surface area contributed by atoms with Crippen molar-refractivity contribution in [3.05, 3.63) is 46.2 Å². The number of carbonyl (C=O) groups excluding carboxylic acids is 1. The van der Waals surface area contributed by atoms with E-state index < -0.39 is 5.56 Å². The zero-order valence-electron chi connectivity index (χ0n) is 9.31. The summed E-state index contributed by atoms with van der Waals surface area (Å²) >= 11 is 3.07. The minimum absolute atomic E-state index is 0.0855. The predicted molar refractivity (Wildman–Crippen MR) is 72.8 cm³/mol. The topological polar surface area (TPSA) is 88.8 Å². The summed E-state index contributed by atoms with van der Waals surface area (Å²) in [6.07, 6.45) is 0. The van der Waals surface area contributed by atoms with Crippen molar-refractivity contribution in [2.75, 3.05) is 11.1 Å². The molecule has 0 aliphatic rings. The Labute approximate surface area is 111 Å². The van der Waals surface area contributed by atoms with Gasteiger partial charge in [-0.2, -0.15) is 5.10 Å². The lowest BCUT2D eigenvalue weighted by Crippen LogP contribution is -2.20. The number of nitrogens with one attached hydrogen (secondary N) is 1. The molecule has 3 N–H and O–H groups in total. The van der Waals surface area contributed by atoms with E-state index >= 15 is 0 Å². The molecule has 0 atom stereocenters. The number of halogens is 1. The molecule has 0 saturated heterocycles. The molecule has 2 rings (SSSR count). The lowest BCUT2D eigenvalue weighted by atomic mass is 10.0. The van der Waals surface area contributed by atoms with Crippen LogP contribution in [0.2, 0.25) is 0 Å². The van der Waals surface area contributed by atoms with Gasteiger partial charge in [-0.1, -0.05) is 46.3 Å². The lowest BCUT2D eigenvalue weighted by Gasteiger charge is -2.08. The Morgan fingerprint density at radius 2 is 2.00 bits per heavy atom. The van der Waals surface area contributed by atoms with Crippen LogP contribution in [0.3, 0.4) is 0 Å². The van der Waals surface area contributed by atoms with Crippen molar-refractivity contribution < 1.29 is 4.79 Å². The summed E-state index contributed by atoms with van der Waals surface area (Å²) in [7, 11) is 0. The number of rotatable bonds is 3. The number of anilines is 1. The molecule has 0 aliphatic heterocycles. The first-order valence-corrected chi connectivity index (χ1v) is 6.30. The lowest BCUT2D eigenvalue weighted by molar-refractivity contribution is 0.102. The highest BCUT2D eigenvalue weighted by Crippen LogP contribution is 2.23. The van der Waals surface area contributed by atoms with Crippen LogP contribution in [0, 0.1) is 0 Å². The summed E-state index contributed by atoms with van der Waals surface area (Å²) in [4.78, 5) is 23.3. The van der Waals surface area contributed by atoms with Crippen molar-refractivity contribution in [1.29, 1.82) is 0 Å². The van der Waals surface area contributed by atoms with E-state index in [9.17, 15) is 9.59 Å². The van der Waals surface area contributed by atoms with Gasteiger partial charge in [0.25, 0.3) is 5.56 Å². The zero-order chi connectivity index (χ0) is 13.1. The summed E-state index contributed by atoms with van der Waals surface area (Å²) in [5, 5.41) is 6.29. The number of nitrogens with two attached hydrogens (primary N) is 1. The molecule has 1 aromatic carbocycles. The van der Waals surface area contributed by atoms with Gasteiger partial charge >= 0.3 is 0 Å². The molecular formula is C12H10BrN3O2. The standard InChI is InChI=1S/C12H10BrN3O2/c13-6-8(17)9-10(14)12(18)16-15-11(9)7-4-2-1-3-5-7/h1-5H,6H2,(H2,14,15)(H,16,18). The molecule has 0 unspecified atom stereocenters. The van der Waals surface area contributed by atoms with Gasteiger partial charge in [0.15, 0.2) is 5.78 Å². The Bertz CT molecular complexity index is 638. The zero-order valence-corrected chi connectivity index (χ0v) is 10.9. The SMILES string of the molecule is Nc1c(C(=O)CBr)c(-c2ccccc2)n[nH]c1=O. The van der Waals surface area contributed by atoms with Crippen LogP contribution in [0.1, 0.15) is 10.4 Å². The van der Waals surface area contributed by atoms with Gasteiger partial charge in [0.1, 0.15) is 11.4 Å². The van der Waals surface area contributed by atoms with E-state index in [4.69, 9.17) is 5.73 Å². The summed E-state index contributed by atoms with van der Waals surface area (Å²) in [6, 6.07) is 9.09. The van der Waals surface area contributed by atoms with Gasteiger partial charge in [-0.25, -0.2) is 5.10 Å². The fraction of sp³-hybridized carbons (Fsp3) is 0.0833. The molecule has 18 heavy (non-hydrogen) atoms. The average molecular weight is 308 g/mol. The van der Waals surface area contributed by atoms with Gasteiger partial charge in [-0.05, 0) is 0 Å². The molecule has 92 valence electrons. The number of carbonyl (C=O) groups is 1. The molecule has 0 aliphatic carbocycles. The van der Waals surface area contributed by atoms with E-state index in [2.05, 4.69) is 26.1 Å². The highest BCUT2D eigenvalue weighted by Gasteiger charge is 2.19. The van der Waals surface area contributed by atoms with Crippen LogP contribution in [0.15, 0.2) is 35.1 Å². The number of nitrogens with zero attached hydrogens (tertiary/aromatic N) is 1. The van der Waals surface area contributed by atoms with Crippen molar-refractivity contribution in [2.45, 2.75) is 0 Å². The van der Waals surface area contributed by atoms with Gasteiger partial charge < -0.3 is 5.73 Å². The monoisotopic (exact) mass is 307 g/mol. The van der Waals surface area contributed by atoms with Crippen LogP contribution in [0.4, 0.5) is 5.69 Å². The number of benzene rings is 1. The number of aromatic amines is 1. The number of H-pyrrole nitrogens is 1. The van der Waals surface area contributed by atoms with E-state index in [1.54, 1.807) is 12.1 Å². The highest BCUT2D eigenvalue weighted by atomic mass is 79.9. The van der Waals surface area contributed by atoms with Gasteiger partial charge in [-0.3, -0.25) is 9.59 Å². The van der Waals surface area contributed by atoms with Crippen LogP contribution in [0.5, 0.6) is 0 Å². The maximum atomic E-state index is 11.9. The number of ketones is 1. The quantitative estimate of drug-likeness (QED) is 0.666. The van der Waals surface area contributed by atoms with Crippen molar-refractivity contribution in [2.24, 2.45) is 0 Å². The summed E-state index contributed by atoms with van der Waals surface area (Å²) < 4.78 is 0. The summed E-state index contributed by atoms with van der Waals surface area (Å²) in [5.41, 5.74) is 6.28. The number of hydrogen-bond donors (Lipinski definition) is 2. The molecule has 1 heterocycles. The summed E-state index contributed by atoms with van der Waals surface area (Å²) in [5.74, 6) is -0.273. The van der Waals surface area contributed by atoms with Crippen molar-refractivity contribution in [3.63, 3.8) is 0 Å². The van der Waals surface area contributed by atoms with Crippen molar-refractivity contribution >= 4 is 27.4 Å². The van der Waals surface area contributed by atoms with Crippen LogP contribution in [-0.4, -0.2) is 21.3 Å². The van der Waals surface area contributed by atoms with E-state index in [-0.39, 0.29) is 22.4 Å². The van der Waals surface area contributed by atoms with E-state index in [0.29, 0.717) is 5.69 Å². The molecule has 6 heteroatoms. The number of alkyl halides is 1. The Hall–Kier alpha value is -1.95. The molecule has 0 saturated carbocycles. The van der Waals surface area contributed by atoms with Gasteiger partial charge in [0.05, 0.1) is 10.9 Å². The molecule has 0 spiro atoms. The Kier molecular flexibility index (Phi) is 3.57. The Morgan fingerprint density at radius 3 is 2.61 bits per heavy atom. The number of aromatic nitrogens is 2.